The average Bonchev–Trinajstić information content (AvgIpc) is 2.97. The van der Waals surface area contributed by atoms with Crippen molar-refractivity contribution in [1.82, 2.24) is 15.6 Å². The van der Waals surface area contributed by atoms with Crippen molar-refractivity contribution >= 4 is 17.8 Å². The normalized spacial score (nSPS) is 12.9. The van der Waals surface area contributed by atoms with Crippen molar-refractivity contribution in [3.8, 4) is 0 Å². The van der Waals surface area contributed by atoms with Gasteiger partial charge in [-0.2, -0.15) is 0 Å². The van der Waals surface area contributed by atoms with Crippen molar-refractivity contribution in [3.05, 3.63) is 102 Å². The Kier molecular flexibility index (Phi) is 21.2. The van der Waals surface area contributed by atoms with E-state index >= 15 is 0 Å². The molecule has 1 unspecified atom stereocenters. The monoisotopic (exact) mass is 575 g/mol. The van der Waals surface area contributed by atoms with Gasteiger partial charge in [0.05, 0.1) is 5.56 Å². The molecule has 2 amide bonds. The number of amides is 2. The topological polar surface area (TPSA) is 108 Å². The second kappa shape index (κ2) is 24.8. The number of aryl methyl sites for hydroxylation is 1. The van der Waals surface area contributed by atoms with E-state index in [0.717, 1.165) is 38.5 Å². The lowest BCUT2D eigenvalue weighted by Crippen LogP contribution is -2.40. The summed E-state index contributed by atoms with van der Waals surface area (Å²) >= 11 is 0. The molecule has 0 aliphatic heterocycles. The number of aliphatic carboxylic acids is 1. The van der Waals surface area contributed by atoms with Crippen molar-refractivity contribution in [2.45, 2.75) is 90.5 Å². The van der Waals surface area contributed by atoms with E-state index in [9.17, 15) is 19.5 Å². The minimum absolute atomic E-state index is 0.196. The number of pyridine rings is 1. The minimum Gasteiger partial charge on any atom is -0.480 e. The highest BCUT2D eigenvalue weighted by molar-refractivity contribution is 5.95. The number of carboxylic acid groups (broad SMARTS) is 1. The van der Waals surface area contributed by atoms with E-state index in [0.29, 0.717) is 43.5 Å². The Balaban J connectivity index is 2.12. The van der Waals surface area contributed by atoms with Crippen molar-refractivity contribution in [1.29, 1.82) is 0 Å². The molecular formula is C35H49N3O4. The van der Waals surface area contributed by atoms with E-state index in [4.69, 9.17) is 0 Å². The summed E-state index contributed by atoms with van der Waals surface area (Å²) in [5, 5.41) is 14.9. The lowest BCUT2D eigenvalue weighted by molar-refractivity contribution is -0.142. The maximum atomic E-state index is 12.2. The lowest BCUT2D eigenvalue weighted by atomic mass is 10.1. The van der Waals surface area contributed by atoms with Crippen LogP contribution in [0, 0.1) is 6.92 Å². The molecule has 42 heavy (non-hydrogen) atoms. The third kappa shape index (κ3) is 19.1. The van der Waals surface area contributed by atoms with Crippen LogP contribution in [0.25, 0.3) is 0 Å². The molecule has 0 aliphatic carbocycles. The Hall–Kier alpha value is -4.00. The number of aromatic nitrogens is 1. The smallest absolute Gasteiger partial charge is 0.326 e. The highest BCUT2D eigenvalue weighted by Crippen LogP contribution is 2.06. The summed E-state index contributed by atoms with van der Waals surface area (Å²) in [4.78, 5) is 40.1. The van der Waals surface area contributed by atoms with Gasteiger partial charge in [0.15, 0.2) is 0 Å². The van der Waals surface area contributed by atoms with Gasteiger partial charge in [-0.15, -0.1) is 0 Å². The van der Waals surface area contributed by atoms with Gasteiger partial charge in [0.2, 0.25) is 5.91 Å². The maximum absolute atomic E-state index is 12.2. The molecule has 1 aromatic rings. The molecule has 0 saturated carbocycles. The first-order chi connectivity index (χ1) is 20.5. The Bertz CT molecular complexity index is 1100. The fraction of sp³-hybridized carbons (Fsp3) is 0.429. The Morgan fingerprint density at radius 1 is 0.833 bits per heavy atom. The largest absolute Gasteiger partial charge is 0.480 e. The summed E-state index contributed by atoms with van der Waals surface area (Å²) in [6.45, 7) is 4.34. The van der Waals surface area contributed by atoms with Crippen LogP contribution < -0.4 is 10.6 Å². The van der Waals surface area contributed by atoms with Crippen LogP contribution in [0.3, 0.4) is 0 Å². The molecule has 1 heterocycles. The third-order valence-electron chi connectivity index (χ3n) is 6.22. The summed E-state index contributed by atoms with van der Waals surface area (Å²) in [5.41, 5.74) is 1.19. The molecule has 1 atom stereocenters. The van der Waals surface area contributed by atoms with Gasteiger partial charge in [-0.1, -0.05) is 79.8 Å². The van der Waals surface area contributed by atoms with E-state index in [1.807, 2.05) is 12.2 Å². The average molecular weight is 576 g/mol. The van der Waals surface area contributed by atoms with Gasteiger partial charge in [0, 0.05) is 24.9 Å². The standard InChI is InChI=1S/C35H49N3O4/c1-3-4-5-6-7-8-9-10-11-12-13-14-15-16-17-18-19-20-21-27-33(39)38-32(35(41)42)26-22-23-28-37-34(40)31-25-24-29-36-30(31)2/h4-5,7-8,10-11,13-14,16-17,19-20,24-25,29,32H,3,6,9,12,15,18,21-23,26-28H2,1-2H3,(H,37,40)(H,38,39)(H,41,42). The predicted molar refractivity (Wildman–Crippen MR) is 172 cm³/mol. The first kappa shape index (κ1) is 36.0. The number of carbonyl (C=O) groups is 3. The predicted octanol–water partition coefficient (Wildman–Crippen LogP) is 7.34. The lowest BCUT2D eigenvalue weighted by Gasteiger charge is -2.14. The fourth-order valence-corrected chi connectivity index (χ4v) is 3.87. The number of unbranched alkanes of at least 4 members (excludes halogenated alkanes) is 1. The summed E-state index contributed by atoms with van der Waals surface area (Å²) in [6.07, 6.45) is 35.2. The van der Waals surface area contributed by atoms with Crippen molar-refractivity contribution < 1.29 is 19.5 Å². The van der Waals surface area contributed by atoms with Gasteiger partial charge < -0.3 is 15.7 Å². The molecule has 7 heteroatoms. The molecular weight excluding hydrogens is 526 g/mol. The molecule has 0 fully saturated rings. The molecule has 0 saturated heterocycles. The van der Waals surface area contributed by atoms with Gasteiger partial charge in [0.25, 0.3) is 5.91 Å². The number of carboxylic acids is 1. The first-order valence-corrected chi connectivity index (χ1v) is 15.1. The van der Waals surface area contributed by atoms with Gasteiger partial charge >= 0.3 is 5.97 Å². The molecule has 0 aliphatic rings. The quantitative estimate of drug-likeness (QED) is 0.0990. The van der Waals surface area contributed by atoms with Gasteiger partial charge in [-0.3, -0.25) is 14.6 Å². The van der Waals surface area contributed by atoms with Gasteiger partial charge in [-0.25, -0.2) is 4.79 Å². The molecule has 1 aromatic heterocycles. The fourth-order valence-electron chi connectivity index (χ4n) is 3.87. The zero-order valence-electron chi connectivity index (χ0n) is 25.3. The van der Waals surface area contributed by atoms with Crippen molar-refractivity contribution in [3.63, 3.8) is 0 Å². The van der Waals surface area contributed by atoms with Gasteiger partial charge in [-0.05, 0) is 83.3 Å². The third-order valence-corrected chi connectivity index (χ3v) is 6.22. The maximum Gasteiger partial charge on any atom is 0.326 e. The number of hydrogen-bond donors (Lipinski definition) is 3. The van der Waals surface area contributed by atoms with Crippen LogP contribution in [-0.2, 0) is 9.59 Å². The Labute approximate surface area is 252 Å². The molecule has 0 aromatic carbocycles. The highest BCUT2D eigenvalue weighted by Gasteiger charge is 2.19. The van der Waals surface area contributed by atoms with E-state index in [1.165, 1.54) is 0 Å². The number of nitrogens with zero attached hydrogens (tertiary/aromatic N) is 1. The van der Waals surface area contributed by atoms with E-state index in [1.54, 1.807) is 25.3 Å². The highest BCUT2D eigenvalue weighted by atomic mass is 16.4. The molecule has 7 nitrogen and oxygen atoms in total. The van der Waals surface area contributed by atoms with Crippen LogP contribution in [0.1, 0.15) is 93.6 Å². The number of rotatable bonds is 22. The van der Waals surface area contributed by atoms with Crippen LogP contribution in [0.15, 0.2) is 91.2 Å². The van der Waals surface area contributed by atoms with Crippen LogP contribution in [0.4, 0.5) is 0 Å². The Morgan fingerprint density at radius 2 is 1.38 bits per heavy atom. The van der Waals surface area contributed by atoms with Gasteiger partial charge in [0.1, 0.15) is 6.04 Å². The summed E-state index contributed by atoms with van der Waals surface area (Å²) in [7, 11) is 0. The number of nitrogens with one attached hydrogen (secondary N) is 2. The molecule has 0 spiro atoms. The second-order valence-corrected chi connectivity index (χ2v) is 9.80. The minimum atomic E-state index is -1.05. The number of hydrogen-bond acceptors (Lipinski definition) is 4. The number of allylic oxidation sites excluding steroid dienone is 12. The van der Waals surface area contributed by atoms with Crippen LogP contribution >= 0.6 is 0 Å². The summed E-state index contributed by atoms with van der Waals surface area (Å²) in [6, 6.07) is 2.50. The first-order valence-electron chi connectivity index (χ1n) is 15.1. The molecule has 0 radical (unpaired) electrons. The SMILES string of the molecule is CCC=CCC=CCC=CCC=CCC=CCC=CCCC(=O)NC(CCCCNC(=O)c1cccnc1C)C(=O)O. The zero-order valence-corrected chi connectivity index (χ0v) is 25.3. The van der Waals surface area contributed by atoms with Crippen molar-refractivity contribution in [2.24, 2.45) is 0 Å². The summed E-state index contributed by atoms with van der Waals surface area (Å²) < 4.78 is 0. The molecule has 3 N–H and O–H groups in total. The Morgan fingerprint density at radius 3 is 1.90 bits per heavy atom. The van der Waals surface area contributed by atoms with Crippen LogP contribution in [-0.4, -0.2) is 40.5 Å². The number of carbonyl (C=O) groups excluding carboxylic acids is 2. The van der Waals surface area contributed by atoms with E-state index < -0.39 is 12.0 Å². The zero-order chi connectivity index (χ0) is 30.7. The summed E-state index contributed by atoms with van der Waals surface area (Å²) in [5.74, 6) is -1.52. The molecule has 228 valence electrons. The van der Waals surface area contributed by atoms with Crippen LogP contribution in [0.5, 0.6) is 0 Å². The van der Waals surface area contributed by atoms with E-state index in [-0.39, 0.29) is 18.2 Å². The van der Waals surface area contributed by atoms with Crippen molar-refractivity contribution in [2.75, 3.05) is 6.54 Å². The van der Waals surface area contributed by atoms with E-state index in [2.05, 4.69) is 83.3 Å². The molecule has 0 bridgehead atoms. The second-order valence-electron chi connectivity index (χ2n) is 9.80. The molecule has 1 rings (SSSR count). The van der Waals surface area contributed by atoms with Crippen LogP contribution in [0.2, 0.25) is 0 Å².